The molecule has 1 aliphatic heterocycles. The third-order valence-corrected chi connectivity index (χ3v) is 2.25. The van der Waals surface area contributed by atoms with E-state index in [1.54, 1.807) is 0 Å². The van der Waals surface area contributed by atoms with Crippen LogP contribution >= 0.6 is 0 Å². The van der Waals surface area contributed by atoms with Crippen molar-refractivity contribution in [2.75, 3.05) is 6.61 Å². The predicted molar refractivity (Wildman–Crippen MR) is 43.7 cm³/mol. The number of fused-ring (bicyclic) bond motifs is 1. The fourth-order valence-corrected chi connectivity index (χ4v) is 1.55. The Balaban J connectivity index is 2.53. The van der Waals surface area contributed by atoms with Crippen LogP contribution in [0.25, 0.3) is 0 Å². The zero-order valence-corrected chi connectivity index (χ0v) is 7.66. The van der Waals surface area contributed by atoms with Crippen molar-refractivity contribution in [1.82, 2.24) is 14.8 Å². The molecular weight excluding hydrogens is 154 g/mol. The summed E-state index contributed by atoms with van der Waals surface area (Å²) >= 11 is 0. The summed E-state index contributed by atoms with van der Waals surface area (Å²) in [4.78, 5) is 0. The molecule has 66 valence electrons. The van der Waals surface area contributed by atoms with Gasteiger partial charge in [-0.1, -0.05) is 0 Å². The van der Waals surface area contributed by atoms with Gasteiger partial charge in [0.15, 0.2) is 5.82 Å². The lowest BCUT2D eigenvalue weighted by molar-refractivity contribution is -0.0543. The van der Waals surface area contributed by atoms with Gasteiger partial charge in [-0.05, 0) is 20.8 Å². The lowest BCUT2D eigenvalue weighted by atomic mass is 10.1. The molecule has 2 heterocycles. The monoisotopic (exact) mass is 167 g/mol. The second-order valence-electron chi connectivity index (χ2n) is 3.58. The third kappa shape index (κ3) is 0.948. The molecule has 1 aromatic rings. The SMILES string of the molecule is Cc1nnc2n1CCOC2(C)C. The molecule has 0 fully saturated rings. The van der Waals surface area contributed by atoms with Gasteiger partial charge in [0.2, 0.25) is 0 Å². The zero-order chi connectivity index (χ0) is 8.77. The Bertz CT molecular complexity index is 303. The maximum Gasteiger partial charge on any atom is 0.164 e. The largest absolute Gasteiger partial charge is 0.366 e. The molecule has 0 aliphatic carbocycles. The van der Waals surface area contributed by atoms with Crippen molar-refractivity contribution in [2.45, 2.75) is 32.9 Å². The Morgan fingerprint density at radius 2 is 2.17 bits per heavy atom. The first-order chi connectivity index (χ1) is 5.61. The Hall–Kier alpha value is -0.900. The van der Waals surface area contributed by atoms with Crippen molar-refractivity contribution in [1.29, 1.82) is 0 Å². The summed E-state index contributed by atoms with van der Waals surface area (Å²) in [6.45, 7) is 7.63. The minimum atomic E-state index is -0.278. The summed E-state index contributed by atoms with van der Waals surface area (Å²) < 4.78 is 7.70. The molecule has 2 rings (SSSR count). The van der Waals surface area contributed by atoms with E-state index in [1.165, 1.54) is 0 Å². The number of aryl methyl sites for hydroxylation is 1. The molecule has 4 nitrogen and oxygen atoms in total. The minimum Gasteiger partial charge on any atom is -0.366 e. The Morgan fingerprint density at radius 1 is 1.42 bits per heavy atom. The van der Waals surface area contributed by atoms with Crippen molar-refractivity contribution in [3.63, 3.8) is 0 Å². The van der Waals surface area contributed by atoms with E-state index in [4.69, 9.17) is 4.74 Å². The average molecular weight is 167 g/mol. The van der Waals surface area contributed by atoms with E-state index in [2.05, 4.69) is 14.8 Å². The lowest BCUT2D eigenvalue weighted by Gasteiger charge is -2.29. The molecule has 0 radical (unpaired) electrons. The van der Waals surface area contributed by atoms with E-state index in [1.807, 2.05) is 20.8 Å². The average Bonchev–Trinajstić information content (AvgIpc) is 2.33. The molecule has 12 heavy (non-hydrogen) atoms. The molecule has 0 amide bonds. The normalized spacial score (nSPS) is 20.6. The third-order valence-electron chi connectivity index (χ3n) is 2.25. The van der Waals surface area contributed by atoms with E-state index >= 15 is 0 Å². The van der Waals surface area contributed by atoms with Gasteiger partial charge in [-0.25, -0.2) is 0 Å². The summed E-state index contributed by atoms with van der Waals surface area (Å²) in [5.74, 6) is 1.91. The number of hydrogen-bond donors (Lipinski definition) is 0. The Morgan fingerprint density at radius 3 is 2.83 bits per heavy atom. The van der Waals surface area contributed by atoms with Crippen molar-refractivity contribution in [3.8, 4) is 0 Å². The second kappa shape index (κ2) is 2.29. The van der Waals surface area contributed by atoms with Gasteiger partial charge >= 0.3 is 0 Å². The second-order valence-corrected chi connectivity index (χ2v) is 3.58. The first-order valence-electron chi connectivity index (χ1n) is 4.15. The molecule has 0 spiro atoms. The fourth-order valence-electron chi connectivity index (χ4n) is 1.55. The van der Waals surface area contributed by atoms with Crippen LogP contribution < -0.4 is 0 Å². The van der Waals surface area contributed by atoms with Gasteiger partial charge in [-0.3, -0.25) is 0 Å². The topological polar surface area (TPSA) is 39.9 Å². The van der Waals surface area contributed by atoms with E-state index in [-0.39, 0.29) is 5.60 Å². The number of hydrogen-bond acceptors (Lipinski definition) is 3. The molecule has 0 N–H and O–H groups in total. The fraction of sp³-hybridized carbons (Fsp3) is 0.750. The van der Waals surface area contributed by atoms with Crippen LogP contribution in [0, 0.1) is 6.92 Å². The summed E-state index contributed by atoms with van der Waals surface area (Å²) in [6.07, 6.45) is 0. The molecule has 0 atom stereocenters. The summed E-state index contributed by atoms with van der Waals surface area (Å²) in [7, 11) is 0. The standard InChI is InChI=1S/C8H13N3O/c1-6-9-10-7-8(2,3)12-5-4-11(6)7/h4-5H2,1-3H3. The molecule has 0 saturated heterocycles. The van der Waals surface area contributed by atoms with E-state index in [0.717, 1.165) is 24.8 Å². The highest BCUT2D eigenvalue weighted by atomic mass is 16.5. The van der Waals surface area contributed by atoms with Crippen molar-refractivity contribution in [2.24, 2.45) is 0 Å². The summed E-state index contributed by atoms with van der Waals surface area (Å²) in [6, 6.07) is 0. The van der Waals surface area contributed by atoms with Crippen LogP contribution in [0.3, 0.4) is 0 Å². The van der Waals surface area contributed by atoms with Gasteiger partial charge in [-0.15, -0.1) is 10.2 Å². The highest BCUT2D eigenvalue weighted by Gasteiger charge is 2.31. The number of nitrogens with zero attached hydrogens (tertiary/aromatic N) is 3. The van der Waals surface area contributed by atoms with Crippen molar-refractivity contribution >= 4 is 0 Å². The maximum atomic E-state index is 5.58. The quantitative estimate of drug-likeness (QED) is 0.575. The lowest BCUT2D eigenvalue weighted by Crippen LogP contribution is -2.33. The summed E-state index contributed by atoms with van der Waals surface area (Å²) in [5, 5.41) is 8.12. The molecule has 0 saturated carbocycles. The van der Waals surface area contributed by atoms with Crippen molar-refractivity contribution < 1.29 is 4.74 Å². The van der Waals surface area contributed by atoms with Gasteiger partial charge in [0.05, 0.1) is 6.61 Å². The van der Waals surface area contributed by atoms with E-state index in [9.17, 15) is 0 Å². The number of ether oxygens (including phenoxy) is 1. The first kappa shape index (κ1) is 7.73. The molecule has 1 aromatic heterocycles. The summed E-state index contributed by atoms with van der Waals surface area (Å²) in [5.41, 5.74) is -0.278. The van der Waals surface area contributed by atoms with Gasteiger partial charge in [0.1, 0.15) is 11.4 Å². The number of aromatic nitrogens is 3. The number of rotatable bonds is 0. The molecule has 0 aromatic carbocycles. The van der Waals surface area contributed by atoms with Crippen LogP contribution in [0.2, 0.25) is 0 Å². The highest BCUT2D eigenvalue weighted by Crippen LogP contribution is 2.26. The van der Waals surface area contributed by atoms with Gasteiger partial charge in [0, 0.05) is 6.54 Å². The molecule has 0 unspecified atom stereocenters. The molecular formula is C8H13N3O. The molecule has 4 heteroatoms. The first-order valence-corrected chi connectivity index (χ1v) is 4.15. The predicted octanol–water partition coefficient (Wildman–Crippen LogP) is 0.852. The van der Waals surface area contributed by atoms with E-state index in [0.29, 0.717) is 0 Å². The van der Waals surface area contributed by atoms with Crippen LogP contribution in [0.5, 0.6) is 0 Å². The molecule has 0 bridgehead atoms. The minimum absolute atomic E-state index is 0.278. The maximum absolute atomic E-state index is 5.58. The molecule has 1 aliphatic rings. The smallest absolute Gasteiger partial charge is 0.164 e. The Labute approximate surface area is 71.6 Å². The van der Waals surface area contributed by atoms with Crippen LogP contribution in [0.15, 0.2) is 0 Å². The zero-order valence-electron chi connectivity index (χ0n) is 7.66. The van der Waals surface area contributed by atoms with Crippen LogP contribution in [0.1, 0.15) is 25.5 Å². The van der Waals surface area contributed by atoms with Crippen LogP contribution in [-0.4, -0.2) is 21.4 Å². The van der Waals surface area contributed by atoms with Crippen LogP contribution in [0.4, 0.5) is 0 Å². The van der Waals surface area contributed by atoms with Gasteiger partial charge in [-0.2, -0.15) is 0 Å². The Kier molecular flexibility index (Phi) is 1.48. The van der Waals surface area contributed by atoms with Gasteiger partial charge in [0.25, 0.3) is 0 Å². The van der Waals surface area contributed by atoms with Gasteiger partial charge < -0.3 is 9.30 Å². The highest BCUT2D eigenvalue weighted by molar-refractivity contribution is 5.04. The van der Waals surface area contributed by atoms with Crippen molar-refractivity contribution in [3.05, 3.63) is 11.6 Å². The van der Waals surface area contributed by atoms with E-state index < -0.39 is 0 Å². The van der Waals surface area contributed by atoms with Crippen LogP contribution in [-0.2, 0) is 16.9 Å².